The van der Waals surface area contributed by atoms with Gasteiger partial charge in [-0.15, -0.1) is 0 Å². The highest BCUT2D eigenvalue weighted by molar-refractivity contribution is 5.91. The van der Waals surface area contributed by atoms with Gasteiger partial charge < -0.3 is 10.5 Å². The summed E-state index contributed by atoms with van der Waals surface area (Å²) in [6, 6.07) is 0. The topological polar surface area (TPSA) is 52.3 Å². The van der Waals surface area contributed by atoms with Gasteiger partial charge in [-0.3, -0.25) is 4.79 Å². The van der Waals surface area contributed by atoms with Crippen molar-refractivity contribution in [3.63, 3.8) is 0 Å². The summed E-state index contributed by atoms with van der Waals surface area (Å²) in [7, 11) is 0. The summed E-state index contributed by atoms with van der Waals surface area (Å²) >= 11 is 0. The zero-order valence-electron chi connectivity index (χ0n) is 7.80. The molecular weight excluding hydrogens is 154 g/mol. The minimum absolute atomic E-state index is 0.345. The van der Waals surface area contributed by atoms with Crippen LogP contribution in [0, 0.1) is 0 Å². The smallest absolute Gasteiger partial charge is 0.243 e. The molecule has 70 valence electrons. The minimum atomic E-state index is -0.345. The molecule has 12 heavy (non-hydrogen) atoms. The first kappa shape index (κ1) is 11.2. The molecule has 1 amide bonds. The normalized spacial score (nSPS) is 16.7. The number of primary amides is 1. The Morgan fingerprint density at radius 3 is 2.00 bits per heavy atom. The van der Waals surface area contributed by atoms with Crippen LogP contribution in [0.3, 0.4) is 0 Å². The van der Waals surface area contributed by atoms with Crippen LogP contribution in [0.15, 0.2) is 11.6 Å². The Morgan fingerprint density at radius 2 is 1.92 bits per heavy atom. The molecule has 0 aromatic carbocycles. The molecule has 1 saturated heterocycles. The van der Waals surface area contributed by atoms with Crippen molar-refractivity contribution >= 4 is 5.91 Å². The van der Waals surface area contributed by atoms with Gasteiger partial charge in [-0.25, -0.2) is 0 Å². The molecule has 1 aliphatic heterocycles. The molecule has 0 aliphatic carbocycles. The lowest BCUT2D eigenvalue weighted by Gasteiger charge is -1.85. The van der Waals surface area contributed by atoms with E-state index < -0.39 is 0 Å². The zero-order chi connectivity index (χ0) is 9.40. The van der Waals surface area contributed by atoms with Crippen molar-refractivity contribution in [2.75, 3.05) is 13.2 Å². The monoisotopic (exact) mass is 171 g/mol. The van der Waals surface area contributed by atoms with Crippen LogP contribution in [-0.2, 0) is 9.53 Å². The van der Waals surface area contributed by atoms with Gasteiger partial charge in [0.05, 0.1) is 0 Å². The highest BCUT2D eigenvalue weighted by Gasteiger charge is 1.94. The minimum Gasteiger partial charge on any atom is -0.381 e. The maximum atomic E-state index is 10.1. The average Bonchev–Trinajstić information content (AvgIpc) is 2.59. The molecule has 3 heteroatoms. The van der Waals surface area contributed by atoms with Gasteiger partial charge >= 0.3 is 0 Å². The molecule has 1 fully saturated rings. The molecule has 0 radical (unpaired) electrons. The Morgan fingerprint density at radius 1 is 1.42 bits per heavy atom. The molecule has 1 rings (SSSR count). The number of rotatable bonds is 1. The summed E-state index contributed by atoms with van der Waals surface area (Å²) in [4.78, 5) is 10.1. The van der Waals surface area contributed by atoms with E-state index in [1.165, 1.54) is 12.8 Å². The van der Waals surface area contributed by atoms with Gasteiger partial charge in [-0.05, 0) is 26.7 Å². The molecule has 0 saturated carbocycles. The van der Waals surface area contributed by atoms with Crippen LogP contribution in [0.1, 0.15) is 26.7 Å². The maximum absolute atomic E-state index is 10.1. The summed E-state index contributed by atoms with van der Waals surface area (Å²) < 4.78 is 4.94. The number of ether oxygens (including phenoxy) is 1. The molecule has 0 bridgehead atoms. The third kappa shape index (κ3) is 5.92. The van der Waals surface area contributed by atoms with Crippen LogP contribution in [-0.4, -0.2) is 19.1 Å². The van der Waals surface area contributed by atoms with E-state index in [2.05, 4.69) is 0 Å². The van der Waals surface area contributed by atoms with Crippen LogP contribution >= 0.6 is 0 Å². The van der Waals surface area contributed by atoms with E-state index in [0.717, 1.165) is 13.2 Å². The molecule has 2 N–H and O–H groups in total. The molecule has 3 nitrogen and oxygen atoms in total. The van der Waals surface area contributed by atoms with Crippen molar-refractivity contribution in [2.45, 2.75) is 26.7 Å². The van der Waals surface area contributed by atoms with Gasteiger partial charge in [-0.1, -0.05) is 6.08 Å². The molecule has 1 aliphatic rings. The second kappa shape index (κ2) is 6.85. The van der Waals surface area contributed by atoms with Crippen molar-refractivity contribution in [3.8, 4) is 0 Å². The standard InChI is InChI=1S/C5H9NO.C4H8O/c1-3-4(2)5(6)7;1-2-4-5-3-1/h3H,1-2H3,(H2,6,7);1-4H2. The van der Waals surface area contributed by atoms with E-state index in [1.807, 2.05) is 0 Å². The second-order valence-corrected chi connectivity index (χ2v) is 2.66. The predicted octanol–water partition coefficient (Wildman–Crippen LogP) is 1.23. The van der Waals surface area contributed by atoms with Crippen LogP contribution in [0.2, 0.25) is 0 Å². The highest BCUT2D eigenvalue weighted by atomic mass is 16.5. The largest absolute Gasteiger partial charge is 0.381 e. The number of nitrogens with two attached hydrogens (primary N) is 1. The van der Waals surface area contributed by atoms with E-state index in [4.69, 9.17) is 10.5 Å². The molecule has 0 aromatic rings. The lowest BCUT2D eigenvalue weighted by Crippen LogP contribution is -2.10. The van der Waals surface area contributed by atoms with Crippen LogP contribution < -0.4 is 5.73 Å². The predicted molar refractivity (Wildman–Crippen MR) is 48.7 cm³/mol. The number of carbonyl (C=O) groups excluding carboxylic acids is 1. The fourth-order valence-electron chi connectivity index (χ4n) is 0.653. The van der Waals surface area contributed by atoms with Gasteiger partial charge in [-0.2, -0.15) is 0 Å². The van der Waals surface area contributed by atoms with E-state index >= 15 is 0 Å². The Kier molecular flexibility index (Phi) is 6.38. The first-order valence-electron chi connectivity index (χ1n) is 4.19. The number of carbonyl (C=O) groups is 1. The Labute approximate surface area is 73.6 Å². The fourth-order valence-corrected chi connectivity index (χ4v) is 0.653. The first-order chi connectivity index (χ1) is 5.68. The molecule has 0 spiro atoms. The third-order valence-corrected chi connectivity index (χ3v) is 1.65. The Bertz CT molecular complexity index is 152. The number of hydrogen-bond donors (Lipinski definition) is 1. The van der Waals surface area contributed by atoms with Gasteiger partial charge in [0.25, 0.3) is 0 Å². The molecular formula is C9H17NO2. The summed E-state index contributed by atoms with van der Waals surface area (Å²) in [5.41, 5.74) is 5.45. The second-order valence-electron chi connectivity index (χ2n) is 2.66. The van der Waals surface area contributed by atoms with Crippen LogP contribution in [0.5, 0.6) is 0 Å². The van der Waals surface area contributed by atoms with Gasteiger partial charge in [0, 0.05) is 18.8 Å². The zero-order valence-corrected chi connectivity index (χ0v) is 7.80. The van der Waals surface area contributed by atoms with E-state index in [9.17, 15) is 4.79 Å². The molecule has 0 unspecified atom stereocenters. The van der Waals surface area contributed by atoms with Crippen molar-refractivity contribution in [1.82, 2.24) is 0 Å². The summed E-state index contributed by atoms with van der Waals surface area (Å²) in [6.07, 6.45) is 4.24. The van der Waals surface area contributed by atoms with Gasteiger partial charge in [0.15, 0.2) is 0 Å². The van der Waals surface area contributed by atoms with Gasteiger partial charge in [0.1, 0.15) is 0 Å². The highest BCUT2D eigenvalue weighted by Crippen LogP contribution is 1.98. The lowest BCUT2D eigenvalue weighted by atomic mass is 10.3. The van der Waals surface area contributed by atoms with Crippen molar-refractivity contribution in [1.29, 1.82) is 0 Å². The third-order valence-electron chi connectivity index (χ3n) is 1.65. The summed E-state index contributed by atoms with van der Waals surface area (Å²) in [6.45, 7) is 5.46. The van der Waals surface area contributed by atoms with Crippen LogP contribution in [0.25, 0.3) is 0 Å². The van der Waals surface area contributed by atoms with Crippen molar-refractivity contribution in [2.24, 2.45) is 5.73 Å². The van der Waals surface area contributed by atoms with Crippen LogP contribution in [0.4, 0.5) is 0 Å². The number of hydrogen-bond acceptors (Lipinski definition) is 2. The summed E-state index contributed by atoms with van der Waals surface area (Å²) in [5.74, 6) is -0.345. The Balaban J connectivity index is 0.000000211. The Hall–Kier alpha value is -0.830. The fraction of sp³-hybridized carbons (Fsp3) is 0.667. The van der Waals surface area contributed by atoms with Crippen molar-refractivity contribution < 1.29 is 9.53 Å². The summed E-state index contributed by atoms with van der Waals surface area (Å²) in [5, 5.41) is 0. The first-order valence-corrected chi connectivity index (χ1v) is 4.19. The van der Waals surface area contributed by atoms with E-state index in [-0.39, 0.29) is 5.91 Å². The average molecular weight is 171 g/mol. The quantitative estimate of drug-likeness (QED) is 0.603. The lowest BCUT2D eigenvalue weighted by molar-refractivity contribution is -0.114. The molecule has 0 atom stereocenters. The number of amides is 1. The van der Waals surface area contributed by atoms with Crippen molar-refractivity contribution in [3.05, 3.63) is 11.6 Å². The molecule has 0 aromatic heterocycles. The van der Waals surface area contributed by atoms with Gasteiger partial charge in [0.2, 0.25) is 5.91 Å². The maximum Gasteiger partial charge on any atom is 0.243 e. The SMILES string of the molecule is C1CCOC1.CC=C(C)C(N)=O. The molecule has 1 heterocycles. The van der Waals surface area contributed by atoms with E-state index in [0.29, 0.717) is 5.57 Å². The van der Waals surface area contributed by atoms with E-state index in [1.54, 1.807) is 19.9 Å². The number of allylic oxidation sites excluding steroid dienone is 1.